The lowest BCUT2D eigenvalue weighted by atomic mass is 10.2. The third kappa shape index (κ3) is 4.10. The van der Waals surface area contributed by atoms with Gasteiger partial charge in [-0.3, -0.25) is 0 Å². The molecular weight excluding hydrogens is 246 g/mol. The van der Waals surface area contributed by atoms with E-state index in [4.69, 9.17) is 0 Å². The highest BCUT2D eigenvalue weighted by Crippen LogP contribution is 2.18. The summed E-state index contributed by atoms with van der Waals surface area (Å²) in [5, 5.41) is 3.21. The molecule has 0 spiro atoms. The molecule has 0 amide bonds. The number of rotatable bonds is 6. The van der Waals surface area contributed by atoms with E-state index in [0.717, 1.165) is 24.1 Å². The van der Waals surface area contributed by atoms with E-state index in [1.807, 2.05) is 32.9 Å². The Balaban J connectivity index is 2.89. The third-order valence-electron chi connectivity index (χ3n) is 2.89. The molecule has 1 atom stereocenters. The van der Waals surface area contributed by atoms with E-state index in [9.17, 15) is 8.42 Å². The molecule has 0 fully saturated rings. The van der Waals surface area contributed by atoms with Gasteiger partial charge >= 0.3 is 0 Å². The first-order valence-corrected chi connectivity index (χ1v) is 8.05. The smallest absolute Gasteiger partial charge is 0.180 e. The van der Waals surface area contributed by atoms with Crippen LogP contribution in [0.2, 0.25) is 0 Å². The molecular formula is C14H23NO2S. The summed E-state index contributed by atoms with van der Waals surface area (Å²) in [6.45, 7) is 8.59. The van der Waals surface area contributed by atoms with Crippen molar-refractivity contribution in [3.05, 3.63) is 29.3 Å². The first-order valence-electron chi connectivity index (χ1n) is 6.40. The van der Waals surface area contributed by atoms with Crippen molar-refractivity contribution in [2.75, 3.05) is 12.3 Å². The zero-order chi connectivity index (χ0) is 13.8. The van der Waals surface area contributed by atoms with E-state index in [1.165, 1.54) is 0 Å². The quantitative estimate of drug-likeness (QED) is 0.863. The van der Waals surface area contributed by atoms with Crippen LogP contribution in [0.3, 0.4) is 0 Å². The van der Waals surface area contributed by atoms with Gasteiger partial charge in [-0.1, -0.05) is 19.1 Å². The largest absolute Gasteiger partial charge is 0.313 e. The lowest BCUT2D eigenvalue weighted by Gasteiger charge is -2.15. The Bertz CT molecular complexity index is 495. The van der Waals surface area contributed by atoms with Gasteiger partial charge < -0.3 is 5.32 Å². The minimum Gasteiger partial charge on any atom is -0.313 e. The van der Waals surface area contributed by atoms with Crippen LogP contribution in [0.1, 0.15) is 31.4 Å². The molecule has 0 aliphatic rings. The molecule has 4 heteroatoms. The lowest BCUT2D eigenvalue weighted by molar-refractivity contribution is 0.554. The Hall–Kier alpha value is -0.870. The van der Waals surface area contributed by atoms with Gasteiger partial charge in [0.1, 0.15) is 0 Å². The first-order chi connectivity index (χ1) is 8.36. The topological polar surface area (TPSA) is 46.2 Å². The zero-order valence-electron chi connectivity index (χ0n) is 11.7. The van der Waals surface area contributed by atoms with E-state index in [2.05, 4.69) is 12.2 Å². The van der Waals surface area contributed by atoms with Gasteiger partial charge in [0.2, 0.25) is 0 Å². The number of hydrogen-bond acceptors (Lipinski definition) is 3. The van der Waals surface area contributed by atoms with Gasteiger partial charge in [-0.25, -0.2) is 8.42 Å². The Morgan fingerprint density at radius 3 is 2.56 bits per heavy atom. The summed E-state index contributed by atoms with van der Waals surface area (Å²) in [6.07, 6.45) is 1.01. The van der Waals surface area contributed by atoms with Gasteiger partial charge in [0, 0.05) is 6.04 Å². The summed E-state index contributed by atoms with van der Waals surface area (Å²) < 4.78 is 24.7. The van der Waals surface area contributed by atoms with Crippen LogP contribution in [0.25, 0.3) is 0 Å². The van der Waals surface area contributed by atoms with Crippen LogP contribution >= 0.6 is 0 Å². The van der Waals surface area contributed by atoms with Gasteiger partial charge in [-0.2, -0.15) is 0 Å². The summed E-state index contributed by atoms with van der Waals surface area (Å²) in [5.41, 5.74) is 1.80. The Labute approximate surface area is 111 Å². The fourth-order valence-corrected chi connectivity index (χ4v) is 3.79. The second-order valence-corrected chi connectivity index (χ2v) is 6.91. The lowest BCUT2D eigenvalue weighted by Crippen LogP contribution is -2.33. The normalized spacial score (nSPS) is 13.6. The van der Waals surface area contributed by atoms with Crippen molar-refractivity contribution in [2.45, 2.75) is 45.1 Å². The van der Waals surface area contributed by atoms with Crippen LogP contribution < -0.4 is 5.32 Å². The van der Waals surface area contributed by atoms with Gasteiger partial charge in [0.25, 0.3) is 0 Å². The molecule has 3 nitrogen and oxygen atoms in total. The van der Waals surface area contributed by atoms with E-state index in [-0.39, 0.29) is 11.8 Å². The van der Waals surface area contributed by atoms with Gasteiger partial charge in [0.05, 0.1) is 10.6 Å². The van der Waals surface area contributed by atoms with Crippen molar-refractivity contribution in [3.63, 3.8) is 0 Å². The van der Waals surface area contributed by atoms with Crippen LogP contribution in [-0.4, -0.2) is 26.8 Å². The van der Waals surface area contributed by atoms with Crippen molar-refractivity contribution in [1.82, 2.24) is 5.32 Å². The molecule has 18 heavy (non-hydrogen) atoms. The number of aryl methyl sites for hydroxylation is 2. The highest BCUT2D eigenvalue weighted by atomic mass is 32.2. The van der Waals surface area contributed by atoms with Crippen LogP contribution in [0.5, 0.6) is 0 Å². The fourth-order valence-electron chi connectivity index (χ4n) is 1.91. The molecule has 0 saturated carbocycles. The van der Waals surface area contributed by atoms with Gasteiger partial charge in [0.15, 0.2) is 9.84 Å². The minimum atomic E-state index is -3.21. The summed E-state index contributed by atoms with van der Waals surface area (Å²) in [4.78, 5) is 0.465. The minimum absolute atomic E-state index is 0.0186. The van der Waals surface area contributed by atoms with E-state index in [1.54, 1.807) is 6.07 Å². The van der Waals surface area contributed by atoms with Crippen molar-refractivity contribution in [3.8, 4) is 0 Å². The van der Waals surface area contributed by atoms with Crippen LogP contribution in [0.4, 0.5) is 0 Å². The second kappa shape index (κ2) is 6.34. The molecule has 0 aliphatic heterocycles. The number of nitrogens with one attached hydrogen (secondary N) is 1. The van der Waals surface area contributed by atoms with Crippen LogP contribution in [0.15, 0.2) is 23.1 Å². The van der Waals surface area contributed by atoms with Crippen molar-refractivity contribution in [2.24, 2.45) is 0 Å². The van der Waals surface area contributed by atoms with Crippen LogP contribution in [0, 0.1) is 13.8 Å². The molecule has 0 bridgehead atoms. The zero-order valence-corrected chi connectivity index (χ0v) is 12.5. The molecule has 1 unspecified atom stereocenters. The maximum atomic E-state index is 12.3. The summed E-state index contributed by atoms with van der Waals surface area (Å²) >= 11 is 0. The molecule has 1 aromatic rings. The average Bonchev–Trinajstić information content (AvgIpc) is 2.29. The average molecular weight is 269 g/mol. The van der Waals surface area contributed by atoms with Crippen LogP contribution in [-0.2, 0) is 9.84 Å². The van der Waals surface area contributed by atoms with Gasteiger partial charge in [-0.05, 0) is 50.9 Å². The highest BCUT2D eigenvalue weighted by Gasteiger charge is 2.20. The number of benzene rings is 1. The number of hydrogen-bond donors (Lipinski definition) is 1. The predicted octanol–water partition coefficient (Wildman–Crippen LogP) is 2.47. The Kier molecular flexibility index (Phi) is 5.35. The van der Waals surface area contributed by atoms with Gasteiger partial charge in [-0.15, -0.1) is 0 Å². The maximum absolute atomic E-state index is 12.3. The highest BCUT2D eigenvalue weighted by molar-refractivity contribution is 7.91. The molecule has 0 saturated heterocycles. The molecule has 0 aliphatic carbocycles. The summed E-state index contributed by atoms with van der Waals surface area (Å²) in [6, 6.07) is 5.55. The predicted molar refractivity (Wildman–Crippen MR) is 75.7 cm³/mol. The summed E-state index contributed by atoms with van der Waals surface area (Å²) in [7, 11) is -3.21. The van der Waals surface area contributed by atoms with E-state index in [0.29, 0.717) is 4.90 Å². The second-order valence-electron chi connectivity index (χ2n) is 4.91. The van der Waals surface area contributed by atoms with Crippen molar-refractivity contribution >= 4 is 9.84 Å². The maximum Gasteiger partial charge on any atom is 0.180 e. The SMILES string of the molecule is CCCNC(C)CS(=O)(=O)c1cc(C)ccc1C. The fraction of sp³-hybridized carbons (Fsp3) is 0.571. The monoisotopic (exact) mass is 269 g/mol. The molecule has 1 N–H and O–H groups in total. The summed E-state index contributed by atoms with van der Waals surface area (Å²) in [5.74, 6) is 0.150. The number of sulfone groups is 1. The third-order valence-corrected chi connectivity index (χ3v) is 4.94. The molecule has 0 radical (unpaired) electrons. The Morgan fingerprint density at radius 2 is 1.94 bits per heavy atom. The standard InChI is InChI=1S/C14H23NO2S/c1-5-8-15-13(4)10-18(16,17)14-9-11(2)6-7-12(14)3/h6-7,9,13,15H,5,8,10H2,1-4H3. The molecule has 0 aromatic heterocycles. The molecule has 1 rings (SSSR count). The van der Waals surface area contributed by atoms with E-state index >= 15 is 0 Å². The first kappa shape index (κ1) is 15.2. The van der Waals surface area contributed by atoms with Crippen molar-refractivity contribution < 1.29 is 8.42 Å². The molecule has 1 aromatic carbocycles. The Morgan fingerprint density at radius 1 is 1.28 bits per heavy atom. The molecule has 102 valence electrons. The van der Waals surface area contributed by atoms with Crippen molar-refractivity contribution in [1.29, 1.82) is 0 Å². The molecule has 0 heterocycles. The van der Waals surface area contributed by atoms with E-state index < -0.39 is 9.84 Å².